The molecule has 1 heterocycles. The first kappa shape index (κ1) is 8.18. The van der Waals surface area contributed by atoms with Crippen molar-refractivity contribution < 1.29 is 22.0 Å². The molecule has 1 N–H and O–H groups in total. The first-order chi connectivity index (χ1) is 4.93. The van der Waals surface area contributed by atoms with Gasteiger partial charge in [0.05, 0.1) is 0 Å². The van der Waals surface area contributed by atoms with Gasteiger partial charge in [0.2, 0.25) is 0 Å². The minimum Gasteiger partial charge on any atom is -0.271 e. The SMILES string of the molecule is FC1=NC(F)N(F)C(F)(F)N1. The predicted molar refractivity (Wildman–Crippen MR) is 24.5 cm³/mol. The normalized spacial score (nSPS) is 31.0. The van der Waals surface area contributed by atoms with Gasteiger partial charge in [0.25, 0.3) is 12.5 Å². The molecule has 1 unspecified atom stereocenters. The topological polar surface area (TPSA) is 27.6 Å². The van der Waals surface area contributed by atoms with Crippen LogP contribution in [0, 0.1) is 0 Å². The third kappa shape index (κ3) is 1.39. The van der Waals surface area contributed by atoms with Crippen LogP contribution in [0.25, 0.3) is 0 Å². The van der Waals surface area contributed by atoms with Gasteiger partial charge in [-0.1, -0.05) is 0 Å². The Morgan fingerprint density at radius 3 is 2.55 bits per heavy atom. The summed E-state index contributed by atoms with van der Waals surface area (Å²) in [5, 5.41) is -0.835. The molecule has 0 spiro atoms. The first-order valence-corrected chi connectivity index (χ1v) is 2.42. The number of aliphatic imine (C=N–C) groups is 1. The van der Waals surface area contributed by atoms with Crippen molar-refractivity contribution in [3.63, 3.8) is 0 Å². The van der Waals surface area contributed by atoms with Gasteiger partial charge in [0, 0.05) is 0 Å². The fourth-order valence-corrected chi connectivity index (χ4v) is 0.488. The largest absolute Gasteiger partial charge is 0.421 e. The van der Waals surface area contributed by atoms with E-state index < -0.39 is 23.8 Å². The van der Waals surface area contributed by atoms with Gasteiger partial charge in [0.1, 0.15) is 0 Å². The van der Waals surface area contributed by atoms with Crippen LogP contribution in [0.2, 0.25) is 0 Å². The van der Waals surface area contributed by atoms with Gasteiger partial charge >= 0.3 is 6.17 Å². The molecule has 0 bridgehead atoms. The second kappa shape index (κ2) is 2.29. The lowest BCUT2D eigenvalue weighted by Crippen LogP contribution is -2.56. The minimum atomic E-state index is -4.38. The molecule has 0 aromatic carbocycles. The van der Waals surface area contributed by atoms with Crippen LogP contribution in [0.1, 0.15) is 0 Å². The van der Waals surface area contributed by atoms with Crippen molar-refractivity contribution in [2.45, 2.75) is 12.6 Å². The molecule has 0 aromatic rings. The standard InChI is InChI=1S/C3H2F5N3/c4-1-9-2(5)11(8)3(6,7)10-1/h2H,(H,9,10). The maximum absolute atomic E-state index is 12.0. The molecule has 0 saturated carbocycles. The van der Waals surface area contributed by atoms with Gasteiger partial charge in [-0.05, 0) is 5.12 Å². The van der Waals surface area contributed by atoms with Crippen molar-refractivity contribution in [1.29, 1.82) is 0 Å². The van der Waals surface area contributed by atoms with Crippen molar-refractivity contribution in [3.8, 4) is 0 Å². The van der Waals surface area contributed by atoms with E-state index >= 15 is 0 Å². The highest BCUT2D eigenvalue weighted by atomic mass is 19.3. The van der Waals surface area contributed by atoms with Crippen LogP contribution in [0.3, 0.4) is 0 Å². The molecule has 0 aliphatic carbocycles. The molecule has 3 nitrogen and oxygen atoms in total. The highest BCUT2D eigenvalue weighted by molar-refractivity contribution is 5.73. The highest BCUT2D eigenvalue weighted by Gasteiger charge is 2.48. The van der Waals surface area contributed by atoms with E-state index in [2.05, 4.69) is 4.99 Å². The van der Waals surface area contributed by atoms with E-state index in [-0.39, 0.29) is 0 Å². The minimum absolute atomic E-state index is 0.697. The lowest BCUT2D eigenvalue weighted by Gasteiger charge is -2.27. The molecule has 0 amide bonds. The monoisotopic (exact) mass is 175 g/mol. The van der Waals surface area contributed by atoms with E-state index in [1.807, 2.05) is 0 Å². The number of alkyl halides is 3. The Bertz CT molecular complexity index is 191. The van der Waals surface area contributed by atoms with Crippen molar-refractivity contribution >= 4 is 6.09 Å². The van der Waals surface area contributed by atoms with Crippen LogP contribution in [0.5, 0.6) is 0 Å². The Morgan fingerprint density at radius 1 is 1.55 bits per heavy atom. The second-order valence-electron chi connectivity index (χ2n) is 1.71. The summed E-state index contributed by atoms with van der Waals surface area (Å²) in [6.07, 6.45) is -9.23. The van der Waals surface area contributed by atoms with Gasteiger partial charge in [0.15, 0.2) is 0 Å². The Morgan fingerprint density at radius 2 is 2.09 bits per heavy atom. The first-order valence-electron chi connectivity index (χ1n) is 2.42. The molecule has 0 saturated heterocycles. The number of hydrogen-bond acceptors (Lipinski definition) is 3. The van der Waals surface area contributed by atoms with E-state index in [1.165, 1.54) is 0 Å². The van der Waals surface area contributed by atoms with Crippen molar-refractivity contribution in [1.82, 2.24) is 10.4 Å². The lowest BCUT2D eigenvalue weighted by molar-refractivity contribution is -0.290. The number of hydrogen-bond donors (Lipinski definition) is 1. The van der Waals surface area contributed by atoms with Crippen LogP contribution in [-0.4, -0.2) is 23.8 Å². The summed E-state index contributed by atoms with van der Waals surface area (Å²) >= 11 is 0. The molecule has 1 atom stereocenters. The zero-order chi connectivity index (χ0) is 8.65. The summed E-state index contributed by atoms with van der Waals surface area (Å²) in [5.74, 6) is 0. The van der Waals surface area contributed by atoms with Gasteiger partial charge < -0.3 is 0 Å². The maximum atomic E-state index is 12.0. The van der Waals surface area contributed by atoms with E-state index in [4.69, 9.17) is 0 Å². The van der Waals surface area contributed by atoms with E-state index in [1.54, 1.807) is 0 Å². The molecule has 1 aliphatic rings. The Labute approximate surface area is 57.4 Å². The van der Waals surface area contributed by atoms with Crippen molar-refractivity contribution in [3.05, 3.63) is 0 Å². The molecule has 0 radical (unpaired) electrons. The Balaban J connectivity index is 2.85. The average molecular weight is 175 g/mol. The molecule has 64 valence electrons. The van der Waals surface area contributed by atoms with Gasteiger partial charge in [-0.2, -0.15) is 18.2 Å². The fraction of sp³-hybridized carbons (Fsp3) is 0.667. The summed E-state index contributed by atoms with van der Waals surface area (Å²) < 4.78 is 59.6. The highest BCUT2D eigenvalue weighted by Crippen LogP contribution is 2.24. The third-order valence-corrected chi connectivity index (χ3v) is 0.929. The third-order valence-electron chi connectivity index (χ3n) is 0.929. The molecule has 0 aromatic heterocycles. The molecule has 11 heavy (non-hydrogen) atoms. The molecular weight excluding hydrogens is 173 g/mol. The molecule has 8 heteroatoms. The predicted octanol–water partition coefficient (Wildman–Crippen LogP) is 0.905. The quantitative estimate of drug-likeness (QED) is 0.336. The van der Waals surface area contributed by atoms with E-state index in [0.717, 1.165) is 0 Å². The Kier molecular flexibility index (Phi) is 1.70. The lowest BCUT2D eigenvalue weighted by atomic mass is 10.7. The fourth-order valence-electron chi connectivity index (χ4n) is 0.488. The smallest absolute Gasteiger partial charge is 0.271 e. The van der Waals surface area contributed by atoms with Gasteiger partial charge in [-0.25, -0.2) is 4.39 Å². The number of amidine groups is 1. The number of nitrogens with one attached hydrogen (secondary N) is 1. The van der Waals surface area contributed by atoms with E-state index in [9.17, 15) is 22.0 Å². The molecule has 1 rings (SSSR count). The van der Waals surface area contributed by atoms with Crippen molar-refractivity contribution in [2.24, 2.45) is 4.99 Å². The summed E-state index contributed by atoms with van der Waals surface area (Å²) in [6.45, 7) is 0. The summed E-state index contributed by atoms with van der Waals surface area (Å²) in [6, 6.07) is 0. The molecule has 0 fully saturated rings. The average Bonchev–Trinajstić information content (AvgIpc) is 1.81. The van der Waals surface area contributed by atoms with Crippen LogP contribution < -0.4 is 5.32 Å². The zero-order valence-corrected chi connectivity index (χ0v) is 4.86. The molecule has 1 aliphatic heterocycles. The number of halogens is 5. The van der Waals surface area contributed by atoms with Crippen molar-refractivity contribution in [2.75, 3.05) is 0 Å². The second-order valence-corrected chi connectivity index (χ2v) is 1.71. The Hall–Kier alpha value is -0.920. The summed E-state index contributed by atoms with van der Waals surface area (Å²) in [4.78, 5) is 2.20. The van der Waals surface area contributed by atoms with E-state index in [0.29, 0.717) is 5.32 Å². The zero-order valence-electron chi connectivity index (χ0n) is 4.86. The van der Waals surface area contributed by atoms with Crippen LogP contribution >= 0.6 is 0 Å². The summed E-state index contributed by atoms with van der Waals surface area (Å²) in [7, 11) is 0. The maximum Gasteiger partial charge on any atom is 0.421 e. The summed E-state index contributed by atoms with van der Waals surface area (Å²) in [5.41, 5.74) is 0. The van der Waals surface area contributed by atoms with Crippen LogP contribution in [0.15, 0.2) is 4.99 Å². The molecular formula is C3H2F5N3. The number of rotatable bonds is 0. The number of nitrogens with zero attached hydrogens (tertiary/aromatic N) is 2. The van der Waals surface area contributed by atoms with Crippen LogP contribution in [0.4, 0.5) is 22.0 Å². The van der Waals surface area contributed by atoms with Crippen LogP contribution in [-0.2, 0) is 0 Å². The van der Waals surface area contributed by atoms with Gasteiger partial charge in [-0.15, -0.1) is 4.48 Å². The van der Waals surface area contributed by atoms with Gasteiger partial charge in [-0.3, -0.25) is 5.32 Å².